The summed E-state index contributed by atoms with van der Waals surface area (Å²) < 4.78 is 12.9. The SMILES string of the molecule is O=C(Nc1ncc(Cc2ccc(F)cc2)s1)[C@@H]1C[C@H](O)CN1. The molecule has 2 atom stereocenters. The Morgan fingerprint density at radius 2 is 2.23 bits per heavy atom. The molecule has 2 heterocycles. The van der Waals surface area contributed by atoms with Crippen molar-refractivity contribution in [1.82, 2.24) is 10.3 Å². The molecular formula is C15H16FN3O2S. The second-order valence-corrected chi connectivity index (χ2v) is 6.39. The summed E-state index contributed by atoms with van der Waals surface area (Å²) in [6.45, 7) is 0.436. The van der Waals surface area contributed by atoms with Crippen molar-refractivity contribution >= 4 is 22.4 Å². The van der Waals surface area contributed by atoms with Crippen molar-refractivity contribution in [1.29, 1.82) is 0 Å². The number of benzene rings is 1. The summed E-state index contributed by atoms with van der Waals surface area (Å²) in [5.74, 6) is -0.438. The van der Waals surface area contributed by atoms with E-state index >= 15 is 0 Å². The Morgan fingerprint density at radius 3 is 2.91 bits per heavy atom. The van der Waals surface area contributed by atoms with Crippen LogP contribution in [0.4, 0.5) is 9.52 Å². The third-order valence-electron chi connectivity index (χ3n) is 3.50. The Balaban J connectivity index is 1.59. The molecule has 5 nitrogen and oxygen atoms in total. The molecule has 0 unspecified atom stereocenters. The van der Waals surface area contributed by atoms with Gasteiger partial charge < -0.3 is 15.7 Å². The van der Waals surface area contributed by atoms with E-state index in [9.17, 15) is 14.3 Å². The van der Waals surface area contributed by atoms with Crippen molar-refractivity contribution in [2.75, 3.05) is 11.9 Å². The van der Waals surface area contributed by atoms with Crippen LogP contribution in [-0.4, -0.2) is 34.7 Å². The summed E-state index contributed by atoms with van der Waals surface area (Å²) >= 11 is 1.39. The minimum atomic E-state index is -0.471. The molecule has 1 aliphatic rings. The van der Waals surface area contributed by atoms with E-state index in [-0.39, 0.29) is 17.8 Å². The molecule has 7 heteroatoms. The molecule has 0 aliphatic carbocycles. The summed E-state index contributed by atoms with van der Waals surface area (Å²) in [6, 6.07) is 5.94. The molecule has 1 aliphatic heterocycles. The molecule has 1 fully saturated rings. The van der Waals surface area contributed by atoms with Crippen LogP contribution in [-0.2, 0) is 11.2 Å². The number of nitrogens with one attached hydrogen (secondary N) is 2. The molecular weight excluding hydrogens is 305 g/mol. The average molecular weight is 321 g/mol. The summed E-state index contributed by atoms with van der Waals surface area (Å²) in [5, 5.41) is 15.7. The van der Waals surface area contributed by atoms with E-state index in [4.69, 9.17) is 0 Å². The van der Waals surface area contributed by atoms with Crippen LogP contribution in [0.5, 0.6) is 0 Å². The Hall–Kier alpha value is -1.83. The molecule has 0 spiro atoms. The van der Waals surface area contributed by atoms with Crippen LogP contribution in [0.25, 0.3) is 0 Å². The molecule has 1 amide bonds. The number of halogens is 1. The van der Waals surface area contributed by atoms with Gasteiger partial charge in [-0.1, -0.05) is 12.1 Å². The first-order chi connectivity index (χ1) is 10.6. The van der Waals surface area contributed by atoms with Crippen LogP contribution >= 0.6 is 11.3 Å². The lowest BCUT2D eigenvalue weighted by Gasteiger charge is -2.08. The topological polar surface area (TPSA) is 74.2 Å². The summed E-state index contributed by atoms with van der Waals surface area (Å²) in [5.41, 5.74) is 0.989. The maximum absolute atomic E-state index is 12.9. The van der Waals surface area contributed by atoms with Gasteiger partial charge in [0.2, 0.25) is 5.91 Å². The zero-order chi connectivity index (χ0) is 15.5. The molecule has 116 valence electrons. The number of aromatic nitrogens is 1. The van der Waals surface area contributed by atoms with E-state index < -0.39 is 6.10 Å². The number of β-amino-alcohol motifs (C(OH)–C–C–N with tert-alkyl or cyclic N) is 1. The van der Waals surface area contributed by atoms with E-state index in [0.717, 1.165) is 10.4 Å². The van der Waals surface area contributed by atoms with Gasteiger partial charge in [-0.05, 0) is 24.1 Å². The number of rotatable bonds is 4. The predicted octanol–water partition coefficient (Wildman–Crippen LogP) is 1.53. The fourth-order valence-corrected chi connectivity index (χ4v) is 3.21. The van der Waals surface area contributed by atoms with Crippen molar-refractivity contribution in [2.45, 2.75) is 25.0 Å². The van der Waals surface area contributed by atoms with Gasteiger partial charge in [0, 0.05) is 24.0 Å². The number of carbonyl (C=O) groups excluding carboxylic acids is 1. The molecule has 22 heavy (non-hydrogen) atoms. The molecule has 0 saturated carbocycles. The molecule has 0 bridgehead atoms. The van der Waals surface area contributed by atoms with E-state index in [1.54, 1.807) is 18.3 Å². The number of thiazole rings is 1. The smallest absolute Gasteiger partial charge is 0.243 e. The number of aliphatic hydroxyl groups excluding tert-OH is 1. The lowest BCUT2D eigenvalue weighted by atomic mass is 10.1. The van der Waals surface area contributed by atoms with Crippen molar-refractivity contribution in [3.8, 4) is 0 Å². The molecule has 1 aromatic heterocycles. The van der Waals surface area contributed by atoms with Crippen molar-refractivity contribution in [3.63, 3.8) is 0 Å². The van der Waals surface area contributed by atoms with Gasteiger partial charge in [0.15, 0.2) is 5.13 Å². The minimum absolute atomic E-state index is 0.181. The Labute approximate surface area is 131 Å². The lowest BCUT2D eigenvalue weighted by molar-refractivity contribution is -0.117. The third-order valence-corrected chi connectivity index (χ3v) is 4.41. The zero-order valence-corrected chi connectivity index (χ0v) is 12.6. The Morgan fingerprint density at radius 1 is 1.45 bits per heavy atom. The van der Waals surface area contributed by atoms with Crippen molar-refractivity contribution < 1.29 is 14.3 Å². The quantitative estimate of drug-likeness (QED) is 0.798. The highest BCUT2D eigenvalue weighted by Crippen LogP contribution is 2.22. The van der Waals surface area contributed by atoms with Crippen LogP contribution in [0.15, 0.2) is 30.5 Å². The van der Waals surface area contributed by atoms with E-state index in [0.29, 0.717) is 24.5 Å². The van der Waals surface area contributed by atoms with Crippen molar-refractivity contribution in [3.05, 3.63) is 46.7 Å². The first kappa shape index (κ1) is 15.1. The fourth-order valence-electron chi connectivity index (χ4n) is 2.36. The second-order valence-electron chi connectivity index (χ2n) is 5.27. The lowest BCUT2D eigenvalue weighted by Crippen LogP contribution is -2.35. The first-order valence-corrected chi connectivity index (χ1v) is 7.83. The number of hydrogen-bond donors (Lipinski definition) is 3. The number of carbonyl (C=O) groups is 1. The number of anilines is 1. The average Bonchev–Trinajstić information content (AvgIpc) is 3.11. The van der Waals surface area contributed by atoms with E-state index in [1.807, 2.05) is 0 Å². The normalized spacial score (nSPS) is 21.0. The minimum Gasteiger partial charge on any atom is -0.392 e. The van der Waals surface area contributed by atoms with Gasteiger partial charge in [-0.25, -0.2) is 9.37 Å². The highest BCUT2D eigenvalue weighted by atomic mass is 32.1. The van der Waals surface area contributed by atoms with Gasteiger partial charge in [-0.3, -0.25) is 4.79 Å². The van der Waals surface area contributed by atoms with Crippen molar-refractivity contribution in [2.24, 2.45) is 0 Å². The van der Waals surface area contributed by atoms with Gasteiger partial charge in [0.25, 0.3) is 0 Å². The molecule has 0 radical (unpaired) electrons. The molecule has 1 aromatic carbocycles. The Bertz CT molecular complexity index is 659. The molecule has 1 saturated heterocycles. The Kier molecular flexibility index (Phi) is 4.47. The van der Waals surface area contributed by atoms with Gasteiger partial charge in [0.05, 0.1) is 12.1 Å². The molecule has 3 N–H and O–H groups in total. The van der Waals surface area contributed by atoms with Crippen LogP contribution in [0, 0.1) is 5.82 Å². The largest absolute Gasteiger partial charge is 0.392 e. The zero-order valence-electron chi connectivity index (χ0n) is 11.8. The monoisotopic (exact) mass is 321 g/mol. The fraction of sp³-hybridized carbons (Fsp3) is 0.333. The number of hydrogen-bond acceptors (Lipinski definition) is 5. The van der Waals surface area contributed by atoms with Gasteiger partial charge in [-0.15, -0.1) is 11.3 Å². The predicted molar refractivity (Wildman–Crippen MR) is 82.4 cm³/mol. The second kappa shape index (κ2) is 6.51. The molecule has 3 rings (SSSR count). The number of aliphatic hydroxyl groups is 1. The number of amides is 1. The summed E-state index contributed by atoms with van der Waals surface area (Å²) in [7, 11) is 0. The highest BCUT2D eigenvalue weighted by Gasteiger charge is 2.28. The van der Waals surface area contributed by atoms with Crippen LogP contribution in [0.1, 0.15) is 16.9 Å². The first-order valence-electron chi connectivity index (χ1n) is 7.01. The third kappa shape index (κ3) is 3.68. The van der Waals surface area contributed by atoms with Gasteiger partial charge >= 0.3 is 0 Å². The van der Waals surface area contributed by atoms with Crippen LogP contribution < -0.4 is 10.6 Å². The van der Waals surface area contributed by atoms with Crippen LogP contribution in [0.2, 0.25) is 0 Å². The molecule has 2 aromatic rings. The van der Waals surface area contributed by atoms with E-state index in [2.05, 4.69) is 15.6 Å². The maximum Gasteiger partial charge on any atom is 0.243 e. The van der Waals surface area contributed by atoms with Gasteiger partial charge in [0.1, 0.15) is 5.82 Å². The van der Waals surface area contributed by atoms with Gasteiger partial charge in [-0.2, -0.15) is 0 Å². The maximum atomic E-state index is 12.9. The standard InChI is InChI=1S/C15H16FN3O2S/c16-10-3-1-9(2-4-10)5-12-8-18-15(22-12)19-14(21)13-6-11(20)7-17-13/h1-4,8,11,13,17,20H,5-7H2,(H,18,19,21)/t11-,13-/m0/s1. The highest BCUT2D eigenvalue weighted by molar-refractivity contribution is 7.15. The van der Waals surface area contributed by atoms with E-state index in [1.165, 1.54) is 23.5 Å². The van der Waals surface area contributed by atoms with Crippen LogP contribution in [0.3, 0.4) is 0 Å². The summed E-state index contributed by atoms with van der Waals surface area (Å²) in [6.07, 6.45) is 2.30. The summed E-state index contributed by atoms with van der Waals surface area (Å²) in [4.78, 5) is 17.2. The number of nitrogens with zero attached hydrogens (tertiary/aromatic N) is 1.